The van der Waals surface area contributed by atoms with Crippen LogP contribution in [0.15, 0.2) is 0 Å². The van der Waals surface area contributed by atoms with Crippen molar-refractivity contribution in [2.45, 2.75) is 309 Å². The van der Waals surface area contributed by atoms with Crippen molar-refractivity contribution in [1.29, 1.82) is 0 Å². The molecule has 310 valence electrons. The second kappa shape index (κ2) is 46.4. The van der Waals surface area contributed by atoms with E-state index in [2.05, 4.69) is 39.6 Å². The molecule has 0 unspecified atom stereocenters. The Bertz CT molecular complexity index is 547. The number of halogens is 1. The van der Waals surface area contributed by atoms with Crippen LogP contribution in [-0.4, -0.2) is 24.0 Å². The topological polar surface area (TPSA) is 3.24 Å². The van der Waals surface area contributed by atoms with E-state index in [1.165, 1.54) is 270 Å². The van der Waals surface area contributed by atoms with Crippen LogP contribution in [0.4, 0.5) is 0 Å². The molecular formula is C49H102ClN. The highest BCUT2D eigenvalue weighted by molar-refractivity contribution is 5.85. The fourth-order valence-corrected chi connectivity index (χ4v) is 8.24. The molecule has 0 rings (SSSR count). The number of nitrogens with zero attached hydrogens (tertiary/aromatic N) is 1. The first-order chi connectivity index (χ1) is 24.6. The maximum atomic E-state index is 2.69. The van der Waals surface area contributed by atoms with Crippen LogP contribution in [0.1, 0.15) is 297 Å². The maximum absolute atomic E-state index is 2.69. The Hall–Kier alpha value is 0.250. The lowest BCUT2D eigenvalue weighted by Gasteiger charge is -2.31. The zero-order chi connectivity index (χ0) is 36.4. The fraction of sp³-hybridized carbons (Fsp3) is 1.00. The molecule has 2 heteroatoms. The van der Waals surface area contributed by atoms with Gasteiger partial charge in [0.05, 0.1) is 0 Å². The molecule has 0 aromatic rings. The molecule has 0 aliphatic carbocycles. The molecule has 0 N–H and O–H groups in total. The highest BCUT2D eigenvalue weighted by Crippen LogP contribution is 2.21. The van der Waals surface area contributed by atoms with Crippen molar-refractivity contribution >= 4 is 12.4 Å². The Balaban J connectivity index is 0. The molecule has 51 heavy (non-hydrogen) atoms. The number of hydrogen-bond acceptors (Lipinski definition) is 1. The SMILES string of the molecule is CCCCCCCCCCCCCCCCCCCCCCC(CCCCCCCCCCCCCCCCCCCCCC)N(C)C(C)C.Cl. The first-order valence-corrected chi connectivity index (χ1v) is 24.3. The molecule has 0 aromatic heterocycles. The molecule has 0 radical (unpaired) electrons. The summed E-state index contributed by atoms with van der Waals surface area (Å²) in [4.78, 5) is 2.69. The number of unbranched alkanes of at least 4 members (excludes halogenated alkanes) is 38. The van der Waals surface area contributed by atoms with E-state index in [9.17, 15) is 0 Å². The molecule has 0 saturated carbocycles. The molecule has 0 atom stereocenters. The summed E-state index contributed by atoms with van der Waals surface area (Å²) in [5, 5.41) is 0. The van der Waals surface area contributed by atoms with E-state index in [4.69, 9.17) is 0 Å². The maximum Gasteiger partial charge on any atom is 0.00949 e. The largest absolute Gasteiger partial charge is 0.301 e. The van der Waals surface area contributed by atoms with Crippen LogP contribution in [-0.2, 0) is 0 Å². The van der Waals surface area contributed by atoms with Gasteiger partial charge in [0, 0.05) is 12.1 Å². The highest BCUT2D eigenvalue weighted by atomic mass is 35.5. The van der Waals surface area contributed by atoms with Gasteiger partial charge in [-0.05, 0) is 33.7 Å². The normalized spacial score (nSPS) is 11.8. The second-order valence-corrected chi connectivity index (χ2v) is 17.4. The monoisotopic (exact) mass is 740 g/mol. The van der Waals surface area contributed by atoms with Crippen molar-refractivity contribution in [2.75, 3.05) is 7.05 Å². The Morgan fingerprint density at radius 3 is 0.588 bits per heavy atom. The summed E-state index contributed by atoms with van der Waals surface area (Å²) in [5.74, 6) is 0. The lowest BCUT2D eigenvalue weighted by molar-refractivity contribution is 0.169. The van der Waals surface area contributed by atoms with Gasteiger partial charge in [0.1, 0.15) is 0 Å². The Labute approximate surface area is 332 Å². The van der Waals surface area contributed by atoms with Crippen LogP contribution in [0.25, 0.3) is 0 Å². The summed E-state index contributed by atoms with van der Waals surface area (Å²) < 4.78 is 0. The Morgan fingerprint density at radius 1 is 0.275 bits per heavy atom. The van der Waals surface area contributed by atoms with Gasteiger partial charge in [0.2, 0.25) is 0 Å². The lowest BCUT2D eigenvalue weighted by Crippen LogP contribution is -2.37. The summed E-state index contributed by atoms with van der Waals surface area (Å²) >= 11 is 0. The van der Waals surface area contributed by atoms with Crippen LogP contribution < -0.4 is 0 Å². The van der Waals surface area contributed by atoms with Crippen molar-refractivity contribution < 1.29 is 0 Å². The van der Waals surface area contributed by atoms with Crippen LogP contribution in [0.5, 0.6) is 0 Å². The van der Waals surface area contributed by atoms with Gasteiger partial charge < -0.3 is 4.90 Å². The third-order valence-corrected chi connectivity index (χ3v) is 12.2. The van der Waals surface area contributed by atoms with Crippen LogP contribution in [0, 0.1) is 0 Å². The van der Waals surface area contributed by atoms with Crippen LogP contribution >= 0.6 is 12.4 Å². The first-order valence-electron chi connectivity index (χ1n) is 24.3. The predicted octanol–water partition coefficient (Wildman–Crippen LogP) is 18.5. The van der Waals surface area contributed by atoms with E-state index >= 15 is 0 Å². The smallest absolute Gasteiger partial charge is 0.00949 e. The first kappa shape index (κ1) is 53.4. The van der Waals surface area contributed by atoms with Crippen molar-refractivity contribution in [3.63, 3.8) is 0 Å². The summed E-state index contributed by atoms with van der Waals surface area (Å²) in [6.45, 7) is 9.41. The van der Waals surface area contributed by atoms with E-state index in [1.807, 2.05) is 0 Å². The minimum absolute atomic E-state index is 0. The van der Waals surface area contributed by atoms with E-state index < -0.39 is 0 Å². The molecule has 0 amide bonds. The van der Waals surface area contributed by atoms with E-state index in [0.717, 1.165) is 6.04 Å². The number of rotatable bonds is 44. The third-order valence-electron chi connectivity index (χ3n) is 12.2. The van der Waals surface area contributed by atoms with Gasteiger partial charge in [-0.3, -0.25) is 0 Å². The van der Waals surface area contributed by atoms with Gasteiger partial charge in [-0.25, -0.2) is 0 Å². The molecule has 0 spiro atoms. The quantitative estimate of drug-likeness (QED) is 0.0562. The molecular weight excluding hydrogens is 638 g/mol. The standard InChI is InChI=1S/C49H101N.ClH/c1-6-8-10-12-14-16-18-20-22-24-26-28-30-32-34-36-38-40-42-44-46-49(50(5)48(3)4)47-45-43-41-39-37-35-33-31-29-27-25-23-21-19-17-15-13-11-9-7-2;/h48-49H,6-47H2,1-5H3;1H. The van der Waals surface area contributed by atoms with Gasteiger partial charge in [-0.15, -0.1) is 12.4 Å². The molecule has 0 aliphatic rings. The van der Waals surface area contributed by atoms with Crippen molar-refractivity contribution in [3.05, 3.63) is 0 Å². The molecule has 0 saturated heterocycles. The van der Waals surface area contributed by atoms with Gasteiger partial charge in [0.25, 0.3) is 0 Å². The molecule has 0 aromatic carbocycles. The lowest BCUT2D eigenvalue weighted by atomic mass is 9.98. The average molecular weight is 741 g/mol. The summed E-state index contributed by atoms with van der Waals surface area (Å²) in [6.07, 6.45) is 61.7. The molecule has 1 nitrogen and oxygen atoms in total. The Kier molecular flexibility index (Phi) is 48.5. The minimum Gasteiger partial charge on any atom is -0.301 e. The minimum atomic E-state index is 0. The van der Waals surface area contributed by atoms with Gasteiger partial charge >= 0.3 is 0 Å². The van der Waals surface area contributed by atoms with Crippen molar-refractivity contribution in [3.8, 4) is 0 Å². The van der Waals surface area contributed by atoms with Gasteiger partial charge in [-0.1, -0.05) is 271 Å². The molecule has 0 fully saturated rings. The predicted molar refractivity (Wildman–Crippen MR) is 239 cm³/mol. The molecule has 0 heterocycles. The summed E-state index contributed by atoms with van der Waals surface area (Å²) in [5.41, 5.74) is 0. The molecule has 0 aliphatic heterocycles. The van der Waals surface area contributed by atoms with E-state index in [1.54, 1.807) is 0 Å². The third kappa shape index (κ3) is 42.9. The van der Waals surface area contributed by atoms with Crippen LogP contribution in [0.3, 0.4) is 0 Å². The molecule has 0 bridgehead atoms. The van der Waals surface area contributed by atoms with E-state index in [-0.39, 0.29) is 12.4 Å². The van der Waals surface area contributed by atoms with Crippen LogP contribution in [0.2, 0.25) is 0 Å². The summed E-state index contributed by atoms with van der Waals surface area (Å²) in [7, 11) is 2.39. The average Bonchev–Trinajstić information content (AvgIpc) is 3.12. The van der Waals surface area contributed by atoms with Gasteiger partial charge in [-0.2, -0.15) is 0 Å². The van der Waals surface area contributed by atoms with Crippen molar-refractivity contribution in [1.82, 2.24) is 4.90 Å². The zero-order valence-electron chi connectivity index (χ0n) is 36.7. The van der Waals surface area contributed by atoms with E-state index in [0.29, 0.717) is 6.04 Å². The second-order valence-electron chi connectivity index (χ2n) is 17.4. The van der Waals surface area contributed by atoms with Gasteiger partial charge in [0.15, 0.2) is 0 Å². The summed E-state index contributed by atoms with van der Waals surface area (Å²) in [6, 6.07) is 1.48. The highest BCUT2D eigenvalue weighted by Gasteiger charge is 2.16. The Morgan fingerprint density at radius 2 is 0.431 bits per heavy atom. The van der Waals surface area contributed by atoms with Crippen molar-refractivity contribution in [2.24, 2.45) is 0 Å². The fourth-order valence-electron chi connectivity index (χ4n) is 8.24. The zero-order valence-corrected chi connectivity index (χ0v) is 37.5. The number of hydrogen-bond donors (Lipinski definition) is 0.